The van der Waals surface area contributed by atoms with Gasteiger partial charge in [0.25, 0.3) is 0 Å². The van der Waals surface area contributed by atoms with Gasteiger partial charge in [-0.25, -0.2) is 0 Å². The molecule has 1 N–H and O–H groups in total. The highest BCUT2D eigenvalue weighted by atomic mass is 16.2. The van der Waals surface area contributed by atoms with E-state index in [1.165, 1.54) is 6.42 Å². The Hall–Kier alpha value is -0.900. The first-order valence-electron chi connectivity index (χ1n) is 6.15. The summed E-state index contributed by atoms with van der Waals surface area (Å²) in [6.45, 7) is 6.47. The molecule has 0 aliphatic carbocycles. The Labute approximate surface area is 96.4 Å². The van der Waals surface area contributed by atoms with Gasteiger partial charge >= 0.3 is 0 Å². The Morgan fingerprint density at radius 3 is 2.62 bits per heavy atom. The van der Waals surface area contributed by atoms with Crippen LogP contribution < -0.4 is 5.32 Å². The summed E-state index contributed by atoms with van der Waals surface area (Å²) in [5.74, 6) is 1.16. The number of likely N-dealkylation sites (tertiary alicyclic amines) is 1. The fourth-order valence-electron chi connectivity index (χ4n) is 2.67. The summed E-state index contributed by atoms with van der Waals surface area (Å²) in [6.07, 6.45) is 2.35. The minimum atomic E-state index is -0.124. The van der Waals surface area contributed by atoms with Crippen molar-refractivity contribution in [2.24, 2.45) is 11.8 Å². The predicted octanol–water partition coefficient (Wildman–Crippen LogP) is 0.769. The lowest BCUT2D eigenvalue weighted by molar-refractivity contribution is -0.137. The summed E-state index contributed by atoms with van der Waals surface area (Å²) in [5.41, 5.74) is 0. The lowest BCUT2D eigenvalue weighted by Crippen LogP contribution is -2.51. The van der Waals surface area contributed by atoms with Gasteiger partial charge in [-0.05, 0) is 31.2 Å². The Kier molecular flexibility index (Phi) is 3.28. The van der Waals surface area contributed by atoms with Crippen LogP contribution in [-0.4, -0.2) is 35.8 Å². The van der Waals surface area contributed by atoms with Crippen LogP contribution in [0, 0.1) is 11.8 Å². The fourth-order valence-corrected chi connectivity index (χ4v) is 2.67. The molecule has 2 fully saturated rings. The van der Waals surface area contributed by atoms with E-state index in [4.69, 9.17) is 0 Å². The Morgan fingerprint density at radius 2 is 2.06 bits per heavy atom. The van der Waals surface area contributed by atoms with Gasteiger partial charge in [-0.3, -0.25) is 19.8 Å². The fraction of sp³-hybridized carbons (Fsp3) is 0.833. The Balaban J connectivity index is 1.94. The molecular weight excluding hydrogens is 204 g/mol. The molecule has 90 valence electrons. The largest absolute Gasteiger partial charge is 0.295 e. The van der Waals surface area contributed by atoms with Gasteiger partial charge in [0.05, 0.1) is 6.04 Å². The third kappa shape index (κ3) is 2.26. The number of hydrogen-bond donors (Lipinski definition) is 1. The summed E-state index contributed by atoms with van der Waals surface area (Å²) in [7, 11) is 0. The summed E-state index contributed by atoms with van der Waals surface area (Å²) in [4.78, 5) is 25.0. The van der Waals surface area contributed by atoms with E-state index >= 15 is 0 Å². The zero-order chi connectivity index (χ0) is 11.7. The number of hydrogen-bond acceptors (Lipinski definition) is 3. The smallest absolute Gasteiger partial charge is 0.243 e. The number of nitrogens with zero attached hydrogens (tertiary/aromatic N) is 1. The van der Waals surface area contributed by atoms with Crippen LogP contribution in [0.2, 0.25) is 0 Å². The maximum atomic E-state index is 11.7. The van der Waals surface area contributed by atoms with Gasteiger partial charge in [0, 0.05) is 13.0 Å². The van der Waals surface area contributed by atoms with Crippen molar-refractivity contribution in [3.8, 4) is 0 Å². The van der Waals surface area contributed by atoms with Crippen molar-refractivity contribution in [1.29, 1.82) is 0 Å². The normalized spacial score (nSPS) is 32.2. The monoisotopic (exact) mass is 224 g/mol. The van der Waals surface area contributed by atoms with Gasteiger partial charge in [-0.2, -0.15) is 0 Å². The molecule has 0 bridgehead atoms. The quantitative estimate of drug-likeness (QED) is 0.705. The molecule has 0 aromatic heterocycles. The number of piperidine rings is 1. The molecule has 2 saturated heterocycles. The molecule has 16 heavy (non-hydrogen) atoms. The summed E-state index contributed by atoms with van der Waals surface area (Å²) in [6, 6.07) is -0.0681. The highest BCUT2D eigenvalue weighted by Gasteiger charge is 2.36. The van der Waals surface area contributed by atoms with E-state index in [1.807, 2.05) is 0 Å². The second-order valence-corrected chi connectivity index (χ2v) is 5.25. The number of nitrogens with one attached hydrogen (secondary N) is 1. The molecule has 2 aliphatic rings. The van der Waals surface area contributed by atoms with E-state index in [1.54, 1.807) is 0 Å². The number of amides is 2. The number of carbonyl (C=O) groups is 2. The van der Waals surface area contributed by atoms with E-state index in [9.17, 15) is 9.59 Å². The Morgan fingerprint density at radius 1 is 1.31 bits per heavy atom. The molecule has 0 aromatic rings. The third-order valence-electron chi connectivity index (χ3n) is 3.85. The molecule has 2 amide bonds. The van der Waals surface area contributed by atoms with Crippen LogP contribution in [0.15, 0.2) is 0 Å². The minimum Gasteiger partial charge on any atom is -0.295 e. The molecule has 2 atom stereocenters. The van der Waals surface area contributed by atoms with Crippen molar-refractivity contribution in [1.82, 2.24) is 10.2 Å². The van der Waals surface area contributed by atoms with Crippen LogP contribution in [0.25, 0.3) is 0 Å². The van der Waals surface area contributed by atoms with Crippen molar-refractivity contribution >= 4 is 11.8 Å². The summed E-state index contributed by atoms with van der Waals surface area (Å²) < 4.78 is 0. The molecule has 0 spiro atoms. The molecular formula is C12H20N2O2. The second-order valence-electron chi connectivity index (χ2n) is 5.25. The van der Waals surface area contributed by atoms with Crippen molar-refractivity contribution in [2.75, 3.05) is 13.1 Å². The van der Waals surface area contributed by atoms with Crippen molar-refractivity contribution in [3.63, 3.8) is 0 Å². The molecule has 0 saturated carbocycles. The van der Waals surface area contributed by atoms with Crippen molar-refractivity contribution in [2.45, 2.75) is 39.2 Å². The highest BCUT2D eigenvalue weighted by molar-refractivity contribution is 6.00. The lowest BCUT2D eigenvalue weighted by atomic mass is 9.95. The first kappa shape index (κ1) is 11.6. The van der Waals surface area contributed by atoms with Crippen LogP contribution in [0.1, 0.15) is 33.1 Å². The predicted molar refractivity (Wildman–Crippen MR) is 60.7 cm³/mol. The van der Waals surface area contributed by atoms with Crippen LogP contribution in [0.5, 0.6) is 0 Å². The van der Waals surface area contributed by atoms with Crippen LogP contribution >= 0.6 is 0 Å². The minimum absolute atomic E-state index is 0.0681. The average Bonchev–Trinajstić information content (AvgIpc) is 2.66. The summed E-state index contributed by atoms with van der Waals surface area (Å²) >= 11 is 0. The molecule has 2 aliphatic heterocycles. The standard InChI is InChI=1S/C12H20N2O2/c1-8(2)9-5-6-14(7-9)10-3-4-11(15)13-12(10)16/h8-10H,3-7H2,1-2H3,(H,13,15,16). The van der Waals surface area contributed by atoms with Gasteiger partial charge in [-0.15, -0.1) is 0 Å². The topological polar surface area (TPSA) is 49.4 Å². The molecule has 4 nitrogen and oxygen atoms in total. The highest BCUT2D eigenvalue weighted by Crippen LogP contribution is 2.27. The Bertz CT molecular complexity index is 301. The SMILES string of the molecule is CC(C)C1CCN(C2CCC(=O)NC2=O)C1. The first-order valence-corrected chi connectivity index (χ1v) is 6.15. The number of rotatable bonds is 2. The van der Waals surface area contributed by atoms with Gasteiger partial charge in [0.15, 0.2) is 0 Å². The van der Waals surface area contributed by atoms with Crippen LogP contribution in [-0.2, 0) is 9.59 Å². The molecule has 2 rings (SSSR count). The first-order chi connectivity index (χ1) is 7.58. The maximum absolute atomic E-state index is 11.7. The van der Waals surface area contributed by atoms with E-state index < -0.39 is 0 Å². The van der Waals surface area contributed by atoms with Crippen LogP contribution in [0.3, 0.4) is 0 Å². The summed E-state index contributed by atoms with van der Waals surface area (Å²) in [5, 5.41) is 2.43. The van der Waals surface area contributed by atoms with Gasteiger partial charge in [-0.1, -0.05) is 13.8 Å². The van der Waals surface area contributed by atoms with Gasteiger partial charge in [0.2, 0.25) is 11.8 Å². The third-order valence-corrected chi connectivity index (χ3v) is 3.85. The second kappa shape index (κ2) is 4.53. The molecule has 0 radical (unpaired) electrons. The van der Waals surface area contributed by atoms with E-state index in [0.29, 0.717) is 24.7 Å². The molecule has 2 unspecified atom stereocenters. The van der Waals surface area contributed by atoms with Crippen molar-refractivity contribution < 1.29 is 9.59 Å². The molecule has 4 heteroatoms. The molecule has 2 heterocycles. The zero-order valence-electron chi connectivity index (χ0n) is 10.0. The number of imide groups is 1. The van der Waals surface area contributed by atoms with E-state index in [-0.39, 0.29) is 17.9 Å². The molecule has 0 aromatic carbocycles. The number of carbonyl (C=O) groups excluding carboxylic acids is 2. The maximum Gasteiger partial charge on any atom is 0.243 e. The van der Waals surface area contributed by atoms with Gasteiger partial charge < -0.3 is 0 Å². The van der Waals surface area contributed by atoms with Crippen LogP contribution in [0.4, 0.5) is 0 Å². The lowest BCUT2D eigenvalue weighted by Gasteiger charge is -2.29. The van der Waals surface area contributed by atoms with Crippen molar-refractivity contribution in [3.05, 3.63) is 0 Å². The van der Waals surface area contributed by atoms with E-state index in [2.05, 4.69) is 24.1 Å². The van der Waals surface area contributed by atoms with Gasteiger partial charge in [0.1, 0.15) is 0 Å². The average molecular weight is 224 g/mol. The van der Waals surface area contributed by atoms with E-state index in [0.717, 1.165) is 13.1 Å². The zero-order valence-corrected chi connectivity index (χ0v) is 10.0.